The molecule has 174 valence electrons. The molecule has 0 saturated heterocycles. The molecule has 3 aromatic rings. The van der Waals surface area contributed by atoms with Crippen LogP contribution in [0, 0.1) is 5.21 Å². The normalized spacial score (nSPS) is 11.3. The van der Waals surface area contributed by atoms with E-state index in [1.807, 2.05) is 0 Å². The highest BCUT2D eigenvalue weighted by Crippen LogP contribution is 2.24. The van der Waals surface area contributed by atoms with Gasteiger partial charge in [-0.15, -0.1) is 0 Å². The predicted molar refractivity (Wildman–Crippen MR) is 117 cm³/mol. The molecule has 2 aromatic heterocycles. The number of nitrogens with two attached hydrogens (primary N) is 1. The Labute approximate surface area is 192 Å². The van der Waals surface area contributed by atoms with Crippen LogP contribution in [0.1, 0.15) is 16.8 Å². The lowest BCUT2D eigenvalue weighted by Crippen LogP contribution is -2.41. The topological polar surface area (TPSA) is 129 Å². The Morgan fingerprint density at radius 2 is 2.06 bits per heavy atom. The van der Waals surface area contributed by atoms with Gasteiger partial charge < -0.3 is 26.1 Å². The fourth-order valence-corrected chi connectivity index (χ4v) is 3.25. The van der Waals surface area contributed by atoms with E-state index in [1.54, 1.807) is 18.2 Å². The number of hydrogen-bond acceptors (Lipinski definition) is 6. The summed E-state index contributed by atoms with van der Waals surface area (Å²) in [5.41, 5.74) is 5.69. The van der Waals surface area contributed by atoms with Crippen molar-refractivity contribution in [2.45, 2.75) is 25.6 Å². The Morgan fingerprint density at radius 3 is 2.79 bits per heavy atom. The largest absolute Gasteiger partial charge is 0.618 e. The van der Waals surface area contributed by atoms with Crippen molar-refractivity contribution >= 4 is 23.3 Å². The average Bonchev–Trinajstić information content (AvgIpc) is 2.78. The number of anilines is 1. The van der Waals surface area contributed by atoms with Gasteiger partial charge in [0.25, 0.3) is 11.3 Å². The van der Waals surface area contributed by atoms with Crippen LogP contribution in [-0.4, -0.2) is 22.0 Å². The molecule has 0 fully saturated rings. The fraction of sp³-hybridized carbons (Fsp3) is 0.238. The van der Waals surface area contributed by atoms with Crippen molar-refractivity contribution in [1.29, 1.82) is 0 Å². The highest BCUT2D eigenvalue weighted by molar-refractivity contribution is 6.30. The van der Waals surface area contributed by atoms with Gasteiger partial charge in [-0.3, -0.25) is 9.59 Å². The van der Waals surface area contributed by atoms with Gasteiger partial charge in [-0.25, -0.2) is 4.98 Å². The Kier molecular flexibility index (Phi) is 7.56. The molecular formula is C21H21ClF2N6O3. The molecular weight excluding hydrogens is 458 g/mol. The lowest BCUT2D eigenvalue weighted by molar-refractivity contribution is -0.624. The van der Waals surface area contributed by atoms with Crippen molar-refractivity contribution in [2.75, 3.05) is 11.9 Å². The number of benzene rings is 1. The number of rotatable bonds is 9. The number of nitrogens with zero attached hydrogens (tertiary/aromatic N) is 3. The van der Waals surface area contributed by atoms with Crippen LogP contribution in [0.4, 0.5) is 14.6 Å². The molecule has 3 rings (SSSR count). The fourth-order valence-electron chi connectivity index (χ4n) is 3.05. The van der Waals surface area contributed by atoms with Crippen LogP contribution in [0.5, 0.6) is 0 Å². The summed E-state index contributed by atoms with van der Waals surface area (Å²) in [4.78, 5) is 28.7. The smallest absolute Gasteiger partial charge is 0.347 e. The Morgan fingerprint density at radius 1 is 1.27 bits per heavy atom. The van der Waals surface area contributed by atoms with Gasteiger partial charge in [0.1, 0.15) is 6.54 Å². The van der Waals surface area contributed by atoms with Gasteiger partial charge in [0, 0.05) is 42.6 Å². The van der Waals surface area contributed by atoms with Crippen LogP contribution in [0.25, 0.3) is 0 Å². The molecule has 0 aliphatic carbocycles. The minimum Gasteiger partial charge on any atom is -0.618 e. The molecule has 0 atom stereocenters. The van der Waals surface area contributed by atoms with Crippen LogP contribution < -0.4 is 26.7 Å². The van der Waals surface area contributed by atoms with Gasteiger partial charge in [-0.05, 0) is 29.3 Å². The summed E-state index contributed by atoms with van der Waals surface area (Å²) >= 11 is 5.98. The summed E-state index contributed by atoms with van der Waals surface area (Å²) < 4.78 is 29.9. The van der Waals surface area contributed by atoms with Gasteiger partial charge >= 0.3 is 5.92 Å². The monoisotopic (exact) mass is 478 g/mol. The summed E-state index contributed by atoms with van der Waals surface area (Å²) in [5.74, 6) is -4.43. The second-order valence-corrected chi connectivity index (χ2v) is 7.51. The van der Waals surface area contributed by atoms with E-state index in [4.69, 9.17) is 17.3 Å². The number of halogens is 3. The zero-order valence-corrected chi connectivity index (χ0v) is 18.1. The SMILES string of the molecule is NCc1ccc(Cl)cc1CNC(=O)Cn1ccnc(NCC(F)(F)c2cccc[n+]2[O-])c1=O. The molecule has 0 aliphatic rings. The number of carbonyl (C=O) groups is 1. The maximum atomic E-state index is 14.4. The standard InChI is InChI=1S/C21H21ClF2N6O3/c22-16-5-4-14(10-25)15(9-16)11-27-18(31)12-29-8-6-26-19(20(29)32)28-13-21(23,24)17-3-1-2-7-30(17)33/h1-9H,10-13,25H2,(H,26,28)(H,27,31). The number of alkyl halides is 2. The van der Waals surface area contributed by atoms with Crippen LogP contribution in [0.2, 0.25) is 5.02 Å². The zero-order valence-electron chi connectivity index (χ0n) is 17.3. The molecule has 33 heavy (non-hydrogen) atoms. The maximum absolute atomic E-state index is 14.4. The van der Waals surface area contributed by atoms with Crippen LogP contribution in [0.3, 0.4) is 0 Å². The highest BCUT2D eigenvalue weighted by Gasteiger charge is 2.39. The first-order valence-corrected chi connectivity index (χ1v) is 10.2. The quantitative estimate of drug-likeness (QED) is 0.316. The first-order valence-electron chi connectivity index (χ1n) is 9.81. The molecule has 12 heteroatoms. The van der Waals surface area contributed by atoms with Crippen molar-refractivity contribution in [3.05, 3.63) is 92.4 Å². The summed E-state index contributed by atoms with van der Waals surface area (Å²) in [7, 11) is 0. The third kappa shape index (κ3) is 6.02. The maximum Gasteiger partial charge on any atom is 0.347 e. The Hall–Kier alpha value is -3.57. The molecule has 0 bridgehead atoms. The minimum atomic E-state index is -3.56. The van der Waals surface area contributed by atoms with Gasteiger partial charge in [-0.2, -0.15) is 13.5 Å². The first kappa shape index (κ1) is 24.1. The Balaban J connectivity index is 1.65. The molecule has 4 N–H and O–H groups in total. The van der Waals surface area contributed by atoms with E-state index in [2.05, 4.69) is 15.6 Å². The second kappa shape index (κ2) is 10.4. The summed E-state index contributed by atoms with van der Waals surface area (Å²) in [6.45, 7) is -0.977. The van der Waals surface area contributed by atoms with Crippen molar-refractivity contribution in [2.24, 2.45) is 5.73 Å². The third-order valence-electron chi connectivity index (χ3n) is 4.77. The molecule has 0 radical (unpaired) electrons. The number of hydrogen-bond donors (Lipinski definition) is 3. The van der Waals surface area contributed by atoms with E-state index in [-0.39, 0.29) is 30.2 Å². The van der Waals surface area contributed by atoms with E-state index in [0.29, 0.717) is 5.02 Å². The molecule has 1 aromatic carbocycles. The van der Waals surface area contributed by atoms with Gasteiger partial charge in [-0.1, -0.05) is 17.7 Å². The van der Waals surface area contributed by atoms with Crippen molar-refractivity contribution in [3.8, 4) is 0 Å². The van der Waals surface area contributed by atoms with Crippen molar-refractivity contribution in [1.82, 2.24) is 14.9 Å². The van der Waals surface area contributed by atoms with E-state index in [1.165, 1.54) is 24.5 Å². The number of carbonyl (C=O) groups excluding carboxylic acids is 1. The van der Waals surface area contributed by atoms with E-state index in [9.17, 15) is 23.6 Å². The molecule has 1 amide bonds. The molecule has 0 saturated carbocycles. The molecule has 2 heterocycles. The highest BCUT2D eigenvalue weighted by atomic mass is 35.5. The van der Waals surface area contributed by atoms with Crippen LogP contribution >= 0.6 is 11.6 Å². The van der Waals surface area contributed by atoms with Crippen molar-refractivity contribution < 1.29 is 18.3 Å². The Bertz CT molecular complexity index is 1200. The number of aromatic nitrogens is 3. The first-order chi connectivity index (χ1) is 15.7. The number of nitrogens with one attached hydrogen (secondary N) is 2. The molecule has 9 nitrogen and oxygen atoms in total. The second-order valence-electron chi connectivity index (χ2n) is 7.07. The minimum absolute atomic E-state index is 0.0543. The van der Waals surface area contributed by atoms with Gasteiger partial charge in [0.05, 0.1) is 6.54 Å². The van der Waals surface area contributed by atoms with E-state index in [0.717, 1.165) is 28.0 Å². The number of amides is 1. The molecule has 0 spiro atoms. The molecule has 0 aliphatic heterocycles. The summed E-state index contributed by atoms with van der Waals surface area (Å²) in [6, 6.07) is 8.76. The lowest BCUT2D eigenvalue weighted by atomic mass is 10.1. The number of pyridine rings is 1. The van der Waals surface area contributed by atoms with Crippen LogP contribution in [-0.2, 0) is 30.4 Å². The molecule has 0 unspecified atom stereocenters. The summed E-state index contributed by atoms with van der Waals surface area (Å²) in [5, 5.41) is 17.0. The third-order valence-corrected chi connectivity index (χ3v) is 5.00. The van der Waals surface area contributed by atoms with Crippen LogP contribution in [0.15, 0.2) is 59.8 Å². The average molecular weight is 479 g/mol. The predicted octanol–water partition coefficient (Wildman–Crippen LogP) is 1.51. The lowest BCUT2D eigenvalue weighted by Gasteiger charge is -2.16. The van der Waals surface area contributed by atoms with Crippen molar-refractivity contribution in [3.63, 3.8) is 0 Å². The van der Waals surface area contributed by atoms with Gasteiger partial charge in [0.2, 0.25) is 5.91 Å². The van der Waals surface area contributed by atoms with Gasteiger partial charge in [0.15, 0.2) is 12.0 Å². The summed E-state index contributed by atoms with van der Waals surface area (Å²) in [6.07, 6.45) is 3.42. The zero-order chi connectivity index (χ0) is 24.0. The van der Waals surface area contributed by atoms with E-state index >= 15 is 0 Å². The van der Waals surface area contributed by atoms with E-state index < -0.39 is 29.6 Å².